The Hall–Kier alpha value is -3.20. The lowest BCUT2D eigenvalue weighted by molar-refractivity contribution is 0.403. The van der Waals surface area contributed by atoms with Gasteiger partial charge in [-0.15, -0.1) is 5.10 Å². The zero-order chi connectivity index (χ0) is 18.4. The Balaban J connectivity index is 1.56. The number of nitrogens with zero attached hydrogens (tertiary/aromatic N) is 5. The molecule has 0 saturated heterocycles. The van der Waals surface area contributed by atoms with Crippen LogP contribution in [0.15, 0.2) is 30.6 Å². The van der Waals surface area contributed by atoms with Crippen molar-refractivity contribution in [3.05, 3.63) is 30.6 Å². The quantitative estimate of drug-likeness (QED) is 0.437. The molecule has 1 aromatic carbocycles. The normalized spacial score (nSPS) is 20.3. The van der Waals surface area contributed by atoms with Gasteiger partial charge in [0, 0.05) is 17.5 Å². The third kappa shape index (κ3) is 2.76. The SMILES string of the molecule is Nc1nn(-c2ccc3cn[nH]c3c2)c2nc(NC3CCCC[C@H]3N)cnc12. The number of hydrogen-bond acceptors (Lipinski definition) is 7. The van der Waals surface area contributed by atoms with E-state index in [-0.39, 0.29) is 12.1 Å². The second kappa shape index (κ2) is 6.20. The summed E-state index contributed by atoms with van der Waals surface area (Å²) in [5, 5.41) is 15.9. The highest BCUT2D eigenvalue weighted by molar-refractivity contribution is 5.86. The van der Waals surface area contributed by atoms with Crippen LogP contribution in [-0.2, 0) is 0 Å². The van der Waals surface area contributed by atoms with Crippen molar-refractivity contribution in [3.63, 3.8) is 0 Å². The summed E-state index contributed by atoms with van der Waals surface area (Å²) in [6.45, 7) is 0. The first-order chi connectivity index (χ1) is 13.2. The van der Waals surface area contributed by atoms with E-state index in [0.29, 0.717) is 22.8 Å². The smallest absolute Gasteiger partial charge is 0.185 e. The highest BCUT2D eigenvalue weighted by atomic mass is 15.3. The van der Waals surface area contributed by atoms with E-state index in [1.54, 1.807) is 17.1 Å². The number of rotatable bonds is 3. The van der Waals surface area contributed by atoms with Crippen LogP contribution in [0.4, 0.5) is 11.6 Å². The number of fused-ring (bicyclic) bond motifs is 2. The second-order valence-corrected chi connectivity index (χ2v) is 7.07. The van der Waals surface area contributed by atoms with Crippen molar-refractivity contribution in [2.45, 2.75) is 37.8 Å². The topological polar surface area (TPSA) is 136 Å². The Bertz CT molecular complexity index is 1110. The average molecular weight is 363 g/mol. The van der Waals surface area contributed by atoms with Crippen LogP contribution in [-0.4, -0.2) is 42.0 Å². The molecule has 0 amide bonds. The van der Waals surface area contributed by atoms with Crippen molar-refractivity contribution >= 4 is 33.7 Å². The number of benzene rings is 1. The summed E-state index contributed by atoms with van der Waals surface area (Å²) in [7, 11) is 0. The molecule has 9 nitrogen and oxygen atoms in total. The van der Waals surface area contributed by atoms with Gasteiger partial charge in [0.1, 0.15) is 5.82 Å². The summed E-state index contributed by atoms with van der Waals surface area (Å²) < 4.78 is 1.71. The third-order valence-electron chi connectivity index (χ3n) is 5.23. The highest BCUT2D eigenvalue weighted by Crippen LogP contribution is 2.25. The Labute approximate surface area is 155 Å². The van der Waals surface area contributed by atoms with E-state index in [0.717, 1.165) is 29.4 Å². The molecule has 5 rings (SSSR count). The van der Waals surface area contributed by atoms with Crippen molar-refractivity contribution in [3.8, 4) is 5.69 Å². The van der Waals surface area contributed by atoms with Crippen LogP contribution in [0.3, 0.4) is 0 Å². The van der Waals surface area contributed by atoms with Gasteiger partial charge >= 0.3 is 0 Å². The summed E-state index contributed by atoms with van der Waals surface area (Å²) in [6.07, 6.45) is 7.91. The summed E-state index contributed by atoms with van der Waals surface area (Å²) in [6, 6.07) is 6.25. The molecule has 2 atom stereocenters. The summed E-state index contributed by atoms with van der Waals surface area (Å²) in [4.78, 5) is 9.21. The van der Waals surface area contributed by atoms with Gasteiger partial charge in [0.15, 0.2) is 17.0 Å². The van der Waals surface area contributed by atoms with Gasteiger partial charge in [-0.25, -0.2) is 14.6 Å². The van der Waals surface area contributed by atoms with E-state index in [9.17, 15) is 0 Å². The van der Waals surface area contributed by atoms with Gasteiger partial charge < -0.3 is 16.8 Å². The zero-order valence-electron chi connectivity index (χ0n) is 14.8. The van der Waals surface area contributed by atoms with Crippen LogP contribution >= 0.6 is 0 Å². The number of anilines is 2. The van der Waals surface area contributed by atoms with Crippen molar-refractivity contribution < 1.29 is 0 Å². The number of hydrogen-bond donors (Lipinski definition) is 4. The number of aromatic amines is 1. The molecule has 138 valence electrons. The molecule has 0 spiro atoms. The van der Waals surface area contributed by atoms with Crippen LogP contribution in [0.2, 0.25) is 0 Å². The number of nitrogen functional groups attached to an aromatic ring is 1. The lowest BCUT2D eigenvalue weighted by atomic mass is 9.91. The minimum absolute atomic E-state index is 0.133. The molecule has 1 fully saturated rings. The molecule has 0 aliphatic heterocycles. The maximum Gasteiger partial charge on any atom is 0.185 e. The Morgan fingerprint density at radius 1 is 1.19 bits per heavy atom. The van der Waals surface area contributed by atoms with E-state index in [2.05, 4.69) is 25.6 Å². The molecular formula is C18H21N9. The van der Waals surface area contributed by atoms with E-state index in [1.165, 1.54) is 12.8 Å². The molecule has 0 radical (unpaired) electrons. The number of nitrogens with two attached hydrogens (primary N) is 2. The molecule has 1 aliphatic rings. The first-order valence-corrected chi connectivity index (χ1v) is 9.16. The fourth-order valence-electron chi connectivity index (χ4n) is 3.75. The lowest BCUT2D eigenvalue weighted by Crippen LogP contribution is -2.42. The predicted molar refractivity (Wildman–Crippen MR) is 105 cm³/mol. The highest BCUT2D eigenvalue weighted by Gasteiger charge is 2.22. The predicted octanol–water partition coefficient (Wildman–Crippen LogP) is 1.96. The summed E-state index contributed by atoms with van der Waals surface area (Å²) >= 11 is 0. The van der Waals surface area contributed by atoms with Crippen LogP contribution in [0.1, 0.15) is 25.7 Å². The first kappa shape index (κ1) is 16.0. The average Bonchev–Trinajstić information content (AvgIpc) is 3.27. The first-order valence-electron chi connectivity index (χ1n) is 9.16. The number of nitrogens with one attached hydrogen (secondary N) is 2. The molecule has 6 N–H and O–H groups in total. The maximum absolute atomic E-state index is 6.25. The molecule has 3 aromatic heterocycles. The molecule has 3 heterocycles. The van der Waals surface area contributed by atoms with E-state index < -0.39 is 0 Å². The summed E-state index contributed by atoms with van der Waals surface area (Å²) in [5.74, 6) is 1.04. The van der Waals surface area contributed by atoms with E-state index in [4.69, 9.17) is 16.5 Å². The molecule has 4 aromatic rings. The lowest BCUT2D eigenvalue weighted by Gasteiger charge is -2.29. The van der Waals surface area contributed by atoms with Gasteiger partial charge in [-0.05, 0) is 31.0 Å². The van der Waals surface area contributed by atoms with E-state index in [1.807, 2.05) is 18.2 Å². The van der Waals surface area contributed by atoms with Gasteiger partial charge in [-0.1, -0.05) is 12.8 Å². The van der Waals surface area contributed by atoms with Crippen molar-refractivity contribution in [1.82, 2.24) is 29.9 Å². The summed E-state index contributed by atoms with van der Waals surface area (Å²) in [5.41, 5.74) is 15.3. The number of H-pyrrole nitrogens is 1. The van der Waals surface area contributed by atoms with Crippen LogP contribution in [0.25, 0.3) is 27.8 Å². The van der Waals surface area contributed by atoms with Crippen LogP contribution in [0.5, 0.6) is 0 Å². The number of aromatic nitrogens is 6. The fraction of sp³-hybridized carbons (Fsp3) is 0.333. The van der Waals surface area contributed by atoms with E-state index >= 15 is 0 Å². The van der Waals surface area contributed by atoms with Crippen LogP contribution < -0.4 is 16.8 Å². The fourth-order valence-corrected chi connectivity index (χ4v) is 3.75. The van der Waals surface area contributed by atoms with Gasteiger partial charge in [-0.3, -0.25) is 5.10 Å². The zero-order valence-corrected chi connectivity index (χ0v) is 14.8. The van der Waals surface area contributed by atoms with Crippen LogP contribution in [0, 0.1) is 0 Å². The van der Waals surface area contributed by atoms with Gasteiger partial charge in [-0.2, -0.15) is 5.10 Å². The molecule has 0 bridgehead atoms. The maximum atomic E-state index is 6.25. The van der Waals surface area contributed by atoms with Crippen molar-refractivity contribution in [2.24, 2.45) is 5.73 Å². The Kier molecular flexibility index (Phi) is 3.68. The molecule has 1 saturated carbocycles. The Morgan fingerprint density at radius 2 is 2.07 bits per heavy atom. The largest absolute Gasteiger partial charge is 0.380 e. The molecular weight excluding hydrogens is 342 g/mol. The molecule has 9 heteroatoms. The third-order valence-corrected chi connectivity index (χ3v) is 5.23. The minimum Gasteiger partial charge on any atom is -0.380 e. The molecule has 27 heavy (non-hydrogen) atoms. The van der Waals surface area contributed by atoms with Gasteiger partial charge in [0.25, 0.3) is 0 Å². The Morgan fingerprint density at radius 3 is 2.96 bits per heavy atom. The van der Waals surface area contributed by atoms with Crippen molar-refractivity contribution in [1.29, 1.82) is 0 Å². The molecule has 1 unspecified atom stereocenters. The van der Waals surface area contributed by atoms with Crippen molar-refractivity contribution in [2.75, 3.05) is 11.1 Å². The van der Waals surface area contributed by atoms with Gasteiger partial charge in [0.2, 0.25) is 0 Å². The standard InChI is InChI=1S/C18H21N9/c19-12-3-1-2-4-13(12)23-15-9-21-16-17(20)26-27(18(16)24-15)11-6-5-10-8-22-25-14(10)7-11/h5-9,12-13H,1-4,19H2,(H2,20,26)(H,22,25)(H,23,24)/t12-,13?/m1/s1. The monoisotopic (exact) mass is 363 g/mol. The second-order valence-electron chi connectivity index (χ2n) is 7.07. The molecule has 1 aliphatic carbocycles. The minimum atomic E-state index is 0.133. The van der Waals surface area contributed by atoms with Gasteiger partial charge in [0.05, 0.1) is 23.6 Å².